The van der Waals surface area contributed by atoms with Gasteiger partial charge in [-0.05, 0) is 0 Å². The van der Waals surface area contributed by atoms with Crippen molar-refractivity contribution in [1.29, 1.82) is 0 Å². The molecule has 0 rings (SSSR count). The normalized spacial score (nSPS) is 4.50. The zero-order valence-corrected chi connectivity index (χ0v) is 10.7. The van der Waals surface area contributed by atoms with Gasteiger partial charge in [-0.15, -0.1) is 0 Å². The van der Waals surface area contributed by atoms with Crippen LogP contribution in [0.1, 0.15) is 0 Å². The first-order valence-corrected chi connectivity index (χ1v) is 0.707. The number of hydrogen-bond acceptors (Lipinski definition) is 3. The van der Waals surface area contributed by atoms with Gasteiger partial charge in [-0.3, -0.25) is 7.32 Å². The van der Waals surface area contributed by atoms with Crippen LogP contribution in [-0.2, 0) is 27.3 Å². The fourth-order valence-electron chi connectivity index (χ4n) is 0. The van der Waals surface area contributed by atoms with Crippen LogP contribution < -0.4 is 15.1 Å². The smallest absolute Gasteiger partial charge is 0.907 e. The van der Waals surface area contributed by atoms with Crippen LogP contribution >= 0.6 is 0 Å². The zero-order valence-electron chi connectivity index (χ0n) is 3.22. The second kappa shape index (κ2) is 10.4. The summed E-state index contributed by atoms with van der Waals surface area (Å²) in [5.74, 6) is 0. The molecule has 0 N–H and O–H groups in total. The van der Waals surface area contributed by atoms with E-state index in [0.717, 1.165) is 0 Å². The maximum Gasteiger partial charge on any atom is 2.00 e. The molecule has 6 heteroatoms. The molecule has 0 aromatic carbocycles. The van der Waals surface area contributed by atoms with Gasteiger partial charge in [0.05, 0.1) is 0 Å². The van der Waals surface area contributed by atoms with Crippen LogP contribution in [0.15, 0.2) is 0 Å². The van der Waals surface area contributed by atoms with Crippen LogP contribution in [0, 0.1) is 0 Å². The Hall–Kier alpha value is 2.35. The van der Waals surface area contributed by atoms with Crippen molar-refractivity contribution in [2.24, 2.45) is 0 Å². The van der Waals surface area contributed by atoms with Crippen molar-refractivity contribution < 1.29 is 42.4 Å². The third kappa shape index (κ3) is 32.9. The van der Waals surface area contributed by atoms with E-state index in [1.807, 2.05) is 0 Å². The van der Waals surface area contributed by atoms with Crippen LogP contribution in [0.3, 0.4) is 0 Å². The van der Waals surface area contributed by atoms with Gasteiger partial charge in [0.1, 0.15) is 0 Å². The molecule has 0 fully saturated rings. The minimum atomic E-state index is -2.92. The van der Waals surface area contributed by atoms with E-state index >= 15 is 0 Å². The first-order chi connectivity index (χ1) is 1.73. The predicted octanol–water partition coefficient (Wildman–Crippen LogP) is -4.33. The summed E-state index contributed by atoms with van der Waals surface area (Å²) >= 11 is 0. The minimum Gasteiger partial charge on any atom is -0.907 e. The zero-order chi connectivity index (χ0) is 3.58. The largest absolute Gasteiger partial charge is 2.00 e. The molecule has 0 saturated heterocycles. The van der Waals surface area contributed by atoms with Crippen LogP contribution in [0.25, 0.3) is 0 Å². The molecule has 0 aliphatic carbocycles. The third-order valence-electron chi connectivity index (χ3n) is 0. The molecule has 24 valence electrons. The molecular weight excluding hydrogens is 259 g/mol. The Kier molecular flexibility index (Phi) is 27.2. The maximum absolute atomic E-state index is 8.42. The van der Waals surface area contributed by atoms with Crippen molar-refractivity contribution in [3.63, 3.8) is 0 Å². The van der Waals surface area contributed by atoms with E-state index in [1.165, 1.54) is 0 Å². The van der Waals surface area contributed by atoms with Crippen LogP contribution in [-0.4, -0.2) is 52.8 Å². The van der Waals surface area contributed by atoms with Gasteiger partial charge in [-0.1, -0.05) is 0 Å². The fourth-order valence-corrected chi connectivity index (χ4v) is 0. The molecule has 0 aliphatic heterocycles. The molecule has 0 aliphatic rings. The van der Waals surface area contributed by atoms with Gasteiger partial charge >= 0.3 is 72.8 Å². The summed E-state index contributed by atoms with van der Waals surface area (Å²) in [5.41, 5.74) is 0. The molecule has 0 atom stereocenters. The summed E-state index contributed by atoms with van der Waals surface area (Å²) in [6.45, 7) is 0. The monoisotopic (exact) mass is 261 g/mol. The Bertz CT molecular complexity index is 15.5. The van der Waals surface area contributed by atoms with E-state index in [1.54, 1.807) is 0 Å². The first kappa shape index (κ1) is 15.8. The molecule has 0 unspecified atom stereocenters. The average Bonchev–Trinajstić information content (AvgIpc) is 0.811. The van der Waals surface area contributed by atoms with E-state index < -0.39 is 7.32 Å². The van der Waals surface area contributed by atoms with Gasteiger partial charge in [0.25, 0.3) is 0 Å². The van der Waals surface area contributed by atoms with Gasteiger partial charge in [-0.2, -0.15) is 0 Å². The van der Waals surface area contributed by atoms with Crippen molar-refractivity contribution in [1.82, 2.24) is 0 Å². The second-order valence-corrected chi connectivity index (χ2v) is 0.289. The Morgan fingerprint density at radius 1 is 1.00 bits per heavy atom. The molecule has 0 heterocycles. The molecule has 0 aromatic rings. The van der Waals surface area contributed by atoms with E-state index in [9.17, 15) is 0 Å². The van der Waals surface area contributed by atoms with Gasteiger partial charge in [0, 0.05) is 0 Å². The van der Waals surface area contributed by atoms with Gasteiger partial charge < -0.3 is 15.1 Å². The Morgan fingerprint density at radius 2 is 1.00 bits per heavy atom. The average molecular weight is 259 g/mol. The summed E-state index contributed by atoms with van der Waals surface area (Å²) in [7, 11) is -2.92. The van der Waals surface area contributed by atoms with Crippen LogP contribution in [0.5, 0.6) is 0 Å². The van der Waals surface area contributed by atoms with E-state index in [4.69, 9.17) is 15.1 Å². The van der Waals surface area contributed by atoms with Crippen LogP contribution in [0.2, 0.25) is 0 Å². The summed E-state index contributed by atoms with van der Waals surface area (Å²) in [6, 6.07) is 0. The third-order valence-corrected chi connectivity index (χ3v) is 0. The first-order valence-electron chi connectivity index (χ1n) is 0.707. The predicted molar refractivity (Wildman–Crippen MR) is 11.5 cm³/mol. The molecule has 0 saturated carbocycles. The Morgan fingerprint density at radius 3 is 1.00 bits per heavy atom. The minimum absolute atomic E-state index is 0. The van der Waals surface area contributed by atoms with E-state index in [0.29, 0.717) is 0 Å². The van der Waals surface area contributed by atoms with Crippen molar-refractivity contribution in [3.05, 3.63) is 0 Å². The Balaban J connectivity index is -0.0000000450. The van der Waals surface area contributed by atoms with E-state index in [2.05, 4.69) is 0 Å². The molecular formula is BCdO3Sr+. The van der Waals surface area contributed by atoms with Crippen molar-refractivity contribution in [2.45, 2.75) is 0 Å². The van der Waals surface area contributed by atoms with Gasteiger partial charge in [0.15, 0.2) is 0 Å². The summed E-state index contributed by atoms with van der Waals surface area (Å²) in [5, 5.41) is 25.2. The topological polar surface area (TPSA) is 69.2 Å². The quantitative estimate of drug-likeness (QED) is 0.413. The maximum atomic E-state index is 8.42. The van der Waals surface area contributed by atoms with E-state index in [-0.39, 0.29) is 72.8 Å². The number of rotatable bonds is 0. The summed E-state index contributed by atoms with van der Waals surface area (Å²) in [4.78, 5) is 0. The molecule has 0 radical (unpaired) electrons. The fraction of sp³-hybridized carbons (Fsp3) is 0. The summed E-state index contributed by atoms with van der Waals surface area (Å²) in [6.07, 6.45) is 0. The Labute approximate surface area is 93.4 Å². The molecule has 6 heavy (non-hydrogen) atoms. The van der Waals surface area contributed by atoms with Crippen molar-refractivity contribution >= 4 is 52.8 Å². The second-order valence-electron chi connectivity index (χ2n) is 0.289. The molecule has 3 nitrogen and oxygen atoms in total. The number of hydrogen-bond donors (Lipinski definition) is 0. The molecule has 0 bridgehead atoms. The van der Waals surface area contributed by atoms with Crippen molar-refractivity contribution in [2.75, 3.05) is 0 Å². The molecule has 0 spiro atoms. The standard InChI is InChI=1S/BO3.Cd.Sr/c2-1(3)4;;/q-3;2*+2. The molecule has 0 amide bonds. The SMILES string of the molecule is [Cd+2].[O-]B([O-])[O-].[Sr+2]. The summed E-state index contributed by atoms with van der Waals surface area (Å²) < 4.78 is 0. The van der Waals surface area contributed by atoms with Crippen LogP contribution in [0.4, 0.5) is 0 Å². The molecule has 0 aromatic heterocycles. The van der Waals surface area contributed by atoms with Crippen molar-refractivity contribution in [3.8, 4) is 0 Å². The van der Waals surface area contributed by atoms with Gasteiger partial charge in [-0.25, -0.2) is 0 Å². The van der Waals surface area contributed by atoms with Gasteiger partial charge in [0.2, 0.25) is 0 Å².